The summed E-state index contributed by atoms with van der Waals surface area (Å²) in [7, 11) is 2.19. The van der Waals surface area contributed by atoms with Crippen LogP contribution in [0.15, 0.2) is 23.0 Å². The number of rotatable bonds is 13. The van der Waals surface area contributed by atoms with Crippen LogP contribution in [0.1, 0.15) is 87.0 Å². The summed E-state index contributed by atoms with van der Waals surface area (Å²) in [4.78, 5) is 2.35. The Bertz CT molecular complexity index is 522. The third kappa shape index (κ3) is 11.8. The van der Waals surface area contributed by atoms with Crippen LogP contribution in [0.4, 0.5) is 4.39 Å². The molecule has 0 aromatic carbocycles. The van der Waals surface area contributed by atoms with E-state index in [-0.39, 0.29) is 0 Å². The van der Waals surface area contributed by atoms with Gasteiger partial charge in [-0.15, -0.1) is 0 Å². The second-order valence-electron chi connectivity index (χ2n) is 7.99. The molecule has 0 bridgehead atoms. The lowest BCUT2D eigenvalue weighted by atomic mass is 9.91. The summed E-state index contributed by atoms with van der Waals surface area (Å²) in [5.41, 5.74) is 3.36. The highest BCUT2D eigenvalue weighted by atomic mass is 19.1. The summed E-state index contributed by atoms with van der Waals surface area (Å²) in [6.45, 7) is 15.6. The number of allylic oxidation sites excluding steroid dienone is 3. The van der Waals surface area contributed by atoms with Crippen LogP contribution in [-0.2, 0) is 0 Å². The van der Waals surface area contributed by atoms with E-state index in [1.54, 1.807) is 6.92 Å². The molecule has 1 N–H and O–H groups in total. The molecule has 0 saturated heterocycles. The van der Waals surface area contributed by atoms with Crippen molar-refractivity contribution < 1.29 is 4.39 Å². The number of nitrogens with zero attached hydrogens (tertiary/aromatic N) is 1. The minimum atomic E-state index is -1.07. The highest BCUT2D eigenvalue weighted by molar-refractivity contribution is 5.31. The Balaban J connectivity index is 4.74. The summed E-state index contributed by atoms with van der Waals surface area (Å²) >= 11 is 0. The van der Waals surface area contributed by atoms with Gasteiger partial charge < -0.3 is 10.2 Å². The van der Waals surface area contributed by atoms with Gasteiger partial charge in [0.05, 0.1) is 5.70 Å². The van der Waals surface area contributed by atoms with Crippen molar-refractivity contribution in [3.63, 3.8) is 0 Å². The van der Waals surface area contributed by atoms with E-state index in [0.29, 0.717) is 5.92 Å². The van der Waals surface area contributed by atoms with Crippen LogP contribution < -0.4 is 5.32 Å². The minimum Gasteiger partial charge on any atom is -0.380 e. The molecule has 0 aromatic heterocycles. The normalized spacial score (nSPS) is 16.0. The van der Waals surface area contributed by atoms with E-state index in [4.69, 9.17) is 0 Å². The summed E-state index contributed by atoms with van der Waals surface area (Å²) in [5, 5.41) is 2.83. The third-order valence-electron chi connectivity index (χ3n) is 5.07. The molecule has 0 radical (unpaired) electrons. The molecule has 0 amide bonds. The number of hydrogen-bond donors (Lipinski definition) is 1. The number of halogens is 1. The van der Waals surface area contributed by atoms with Gasteiger partial charge in [-0.1, -0.05) is 38.7 Å². The van der Waals surface area contributed by atoms with E-state index in [2.05, 4.69) is 69.9 Å². The lowest BCUT2D eigenvalue weighted by Gasteiger charge is -2.23. The molecule has 0 rings (SSSR count). The van der Waals surface area contributed by atoms with Gasteiger partial charge in [0.15, 0.2) is 6.30 Å². The Hall–Kier alpha value is -1.43. The maximum absolute atomic E-state index is 13.3. The van der Waals surface area contributed by atoms with E-state index < -0.39 is 6.30 Å². The third-order valence-corrected chi connectivity index (χ3v) is 5.07. The monoisotopic (exact) mass is 378 g/mol. The molecule has 3 heteroatoms. The fraction of sp³-hybridized carbons (Fsp3) is 0.750. The molecule has 3 unspecified atom stereocenters. The Kier molecular flexibility index (Phi) is 13.8. The fourth-order valence-corrected chi connectivity index (χ4v) is 3.66. The molecule has 0 aliphatic heterocycles. The van der Waals surface area contributed by atoms with Crippen molar-refractivity contribution in [3.8, 4) is 11.8 Å². The molecule has 0 saturated carbocycles. The van der Waals surface area contributed by atoms with E-state index in [1.807, 2.05) is 0 Å². The Morgan fingerprint density at radius 3 is 2.37 bits per heavy atom. The molecule has 0 aliphatic carbocycles. The van der Waals surface area contributed by atoms with Crippen LogP contribution in [0.3, 0.4) is 0 Å². The van der Waals surface area contributed by atoms with Crippen LogP contribution in [0.2, 0.25) is 0 Å². The average Bonchev–Trinajstić information content (AvgIpc) is 2.57. The fourth-order valence-electron chi connectivity index (χ4n) is 3.66. The molecule has 0 spiro atoms. The molecule has 0 fully saturated rings. The zero-order valence-corrected chi connectivity index (χ0v) is 19.1. The van der Waals surface area contributed by atoms with E-state index >= 15 is 0 Å². The van der Waals surface area contributed by atoms with Crippen LogP contribution in [-0.4, -0.2) is 24.8 Å². The van der Waals surface area contributed by atoms with Gasteiger partial charge in [-0.25, -0.2) is 4.39 Å². The molecule has 27 heavy (non-hydrogen) atoms. The summed E-state index contributed by atoms with van der Waals surface area (Å²) < 4.78 is 13.3. The van der Waals surface area contributed by atoms with Crippen LogP contribution in [0.5, 0.6) is 0 Å². The molecule has 0 heterocycles. The maximum atomic E-state index is 13.3. The largest absolute Gasteiger partial charge is 0.380 e. The minimum absolute atomic E-state index is 0.607. The molecule has 2 nitrogen and oxygen atoms in total. The predicted octanol–water partition coefficient (Wildman–Crippen LogP) is 6.66. The molecule has 0 aromatic rings. The van der Waals surface area contributed by atoms with Crippen molar-refractivity contribution in [2.24, 2.45) is 11.8 Å². The topological polar surface area (TPSA) is 15.3 Å². The van der Waals surface area contributed by atoms with Gasteiger partial charge in [0, 0.05) is 13.6 Å². The Morgan fingerprint density at radius 1 is 1.19 bits per heavy atom. The second kappa shape index (κ2) is 14.6. The van der Waals surface area contributed by atoms with Crippen molar-refractivity contribution in [2.45, 2.75) is 93.3 Å². The highest BCUT2D eigenvalue weighted by Crippen LogP contribution is 2.24. The average molecular weight is 379 g/mol. The van der Waals surface area contributed by atoms with Crippen molar-refractivity contribution in [3.05, 3.63) is 23.0 Å². The predicted molar refractivity (Wildman–Crippen MR) is 118 cm³/mol. The molecular weight excluding hydrogens is 335 g/mol. The van der Waals surface area contributed by atoms with Gasteiger partial charge in [-0.3, -0.25) is 0 Å². The van der Waals surface area contributed by atoms with Crippen LogP contribution in [0.25, 0.3) is 0 Å². The van der Waals surface area contributed by atoms with Crippen LogP contribution >= 0.6 is 0 Å². The highest BCUT2D eigenvalue weighted by Gasteiger charge is 2.11. The van der Waals surface area contributed by atoms with Crippen molar-refractivity contribution in [1.82, 2.24) is 10.2 Å². The first-order valence-corrected chi connectivity index (χ1v) is 10.7. The quantitative estimate of drug-likeness (QED) is 0.285. The Morgan fingerprint density at radius 2 is 1.85 bits per heavy atom. The second-order valence-corrected chi connectivity index (χ2v) is 7.99. The summed E-state index contributed by atoms with van der Waals surface area (Å²) in [6.07, 6.45) is 8.17. The molecule has 156 valence electrons. The van der Waals surface area contributed by atoms with Crippen molar-refractivity contribution in [2.75, 3.05) is 13.6 Å². The van der Waals surface area contributed by atoms with Crippen molar-refractivity contribution >= 4 is 0 Å². The van der Waals surface area contributed by atoms with E-state index in [0.717, 1.165) is 49.4 Å². The first-order chi connectivity index (χ1) is 12.7. The Labute approximate surface area is 168 Å². The SMILES string of the molecule is CC#C/C(NC(C)F)=C(\C)CCCC(CC)/C(C)=C/N(C)CC(C)CCC. The smallest absolute Gasteiger partial charge is 0.167 e. The molecular formula is C24H43FN2. The maximum Gasteiger partial charge on any atom is 0.167 e. The summed E-state index contributed by atoms with van der Waals surface area (Å²) in [6, 6.07) is 0. The summed E-state index contributed by atoms with van der Waals surface area (Å²) in [5.74, 6) is 7.22. The van der Waals surface area contributed by atoms with Gasteiger partial charge in [0.2, 0.25) is 0 Å². The number of alkyl halides is 1. The zero-order chi connectivity index (χ0) is 20.8. The first-order valence-electron chi connectivity index (χ1n) is 10.7. The van der Waals surface area contributed by atoms with Gasteiger partial charge in [-0.2, -0.15) is 0 Å². The van der Waals surface area contributed by atoms with Gasteiger partial charge in [-0.05, 0) is 89.3 Å². The molecule has 0 aliphatic rings. The molecule has 3 atom stereocenters. The van der Waals surface area contributed by atoms with E-state index in [1.165, 1.54) is 25.3 Å². The standard InChI is InChI=1S/C24H43FN2/c1-9-13-19(4)17-27(8)18-21(6)23(11-3)16-12-15-20(5)24(14-10-2)26-22(7)25/h18-19,22-23,26H,9,11-13,15-17H2,1-8H3/b21-18+,24-20-. The zero-order valence-electron chi connectivity index (χ0n) is 19.1. The van der Waals surface area contributed by atoms with E-state index in [9.17, 15) is 4.39 Å². The lowest BCUT2D eigenvalue weighted by molar-refractivity contribution is 0.323. The van der Waals surface area contributed by atoms with Crippen LogP contribution in [0, 0.1) is 23.7 Å². The first kappa shape index (κ1) is 25.6. The number of hydrogen-bond acceptors (Lipinski definition) is 2. The lowest BCUT2D eigenvalue weighted by Crippen LogP contribution is -2.21. The van der Waals surface area contributed by atoms with Gasteiger partial charge >= 0.3 is 0 Å². The van der Waals surface area contributed by atoms with Gasteiger partial charge in [0.25, 0.3) is 0 Å². The number of nitrogens with one attached hydrogen (secondary N) is 1. The van der Waals surface area contributed by atoms with Gasteiger partial charge in [0.1, 0.15) is 0 Å². The van der Waals surface area contributed by atoms with Crippen molar-refractivity contribution in [1.29, 1.82) is 0 Å².